The zero-order valence-corrected chi connectivity index (χ0v) is 18.7. The minimum Gasteiger partial charge on any atom is -0.735 e. The predicted molar refractivity (Wildman–Crippen MR) is 83.7 cm³/mol. The third-order valence-corrected chi connectivity index (χ3v) is 4.74. The van der Waals surface area contributed by atoms with E-state index in [1.165, 1.54) is 6.92 Å². The molecule has 0 amide bonds. The molecule has 1 saturated heterocycles. The summed E-state index contributed by atoms with van der Waals surface area (Å²) >= 11 is 0. The Kier molecular flexibility index (Phi) is 13.3. The van der Waals surface area contributed by atoms with Gasteiger partial charge < -0.3 is 24.4 Å². The molecular weight excluding hydrogens is 365 g/mol. The van der Waals surface area contributed by atoms with Crippen LogP contribution in [-0.4, -0.2) is 116 Å². The summed E-state index contributed by atoms with van der Waals surface area (Å²) in [6.45, 7) is 5.27. The van der Waals surface area contributed by atoms with E-state index in [0.717, 1.165) is 13.1 Å². The van der Waals surface area contributed by atoms with E-state index in [0.29, 0.717) is 30.6 Å². The zero-order valence-electron chi connectivity index (χ0n) is 14.8. The van der Waals surface area contributed by atoms with Gasteiger partial charge in [-0.05, 0) is 7.05 Å². The number of morpholine rings is 1. The molecule has 2 N–H and O–H groups in total. The van der Waals surface area contributed by atoms with Gasteiger partial charge in [-0.25, -0.2) is 12.7 Å². The zero-order chi connectivity index (χ0) is 17.5. The molecule has 0 aliphatic carbocycles. The average molecular weight is 394 g/mol. The number of β-amino-alcohol motifs (C(OH)–C–C–N with tert-alkyl or cyclic N) is 1. The number of aliphatic hydroxyl groups excluding tert-OH is 2. The number of likely N-dealkylation sites (N-methyl/N-ethyl adjacent to an activating group) is 2. The molecule has 2 atom stereocenters. The van der Waals surface area contributed by atoms with Crippen LogP contribution >= 0.6 is 0 Å². The summed E-state index contributed by atoms with van der Waals surface area (Å²) in [5, 5.41) is 20.0. The summed E-state index contributed by atoms with van der Waals surface area (Å²) in [5.41, 5.74) is 0. The second kappa shape index (κ2) is 12.7. The standard InChI is InChI=1S/C13H29N3O6S.K/c1-3-16(23(19,20)21)11-13(18)9-14(2)8-12(17)10-15-4-6-22-7-5-15;/h12-13,17-18H,3-11H2,1-2H3,(H,19,20,21);/q;+1/p-1. The van der Waals surface area contributed by atoms with E-state index < -0.39 is 22.5 Å². The fourth-order valence-electron chi connectivity index (χ4n) is 2.60. The Morgan fingerprint density at radius 2 is 1.71 bits per heavy atom. The second-order valence-corrected chi connectivity index (χ2v) is 7.22. The Morgan fingerprint density at radius 3 is 2.21 bits per heavy atom. The second-order valence-electron chi connectivity index (χ2n) is 5.85. The summed E-state index contributed by atoms with van der Waals surface area (Å²) in [7, 11) is -2.82. The molecule has 0 spiro atoms. The molecule has 2 unspecified atom stereocenters. The van der Waals surface area contributed by atoms with Gasteiger partial charge in [-0.1, -0.05) is 6.92 Å². The molecule has 0 bridgehead atoms. The number of hydrogen-bond acceptors (Lipinski definition) is 8. The van der Waals surface area contributed by atoms with Crippen LogP contribution in [0.3, 0.4) is 0 Å². The van der Waals surface area contributed by atoms with Crippen molar-refractivity contribution in [2.45, 2.75) is 19.1 Å². The smallest absolute Gasteiger partial charge is 0.735 e. The molecule has 1 fully saturated rings. The third kappa shape index (κ3) is 10.5. The largest absolute Gasteiger partial charge is 1.00 e. The summed E-state index contributed by atoms with van der Waals surface area (Å²) in [5.74, 6) is 0. The number of hydrogen-bond donors (Lipinski definition) is 2. The van der Waals surface area contributed by atoms with E-state index >= 15 is 0 Å². The van der Waals surface area contributed by atoms with Crippen molar-refractivity contribution in [1.29, 1.82) is 0 Å². The molecular formula is C13H28KN3O6S. The van der Waals surface area contributed by atoms with Crippen LogP contribution < -0.4 is 51.4 Å². The minimum absolute atomic E-state index is 0. The fraction of sp³-hybridized carbons (Fsp3) is 1.00. The van der Waals surface area contributed by atoms with Crippen LogP contribution in [-0.2, 0) is 15.0 Å². The van der Waals surface area contributed by atoms with Gasteiger partial charge in [-0.3, -0.25) is 4.90 Å². The van der Waals surface area contributed by atoms with Gasteiger partial charge in [0, 0.05) is 45.8 Å². The number of rotatable bonds is 10. The molecule has 0 aromatic rings. The van der Waals surface area contributed by atoms with E-state index in [9.17, 15) is 23.2 Å². The summed E-state index contributed by atoms with van der Waals surface area (Å²) in [4.78, 5) is 3.84. The van der Waals surface area contributed by atoms with Crippen LogP contribution in [0.15, 0.2) is 0 Å². The molecule has 1 aliphatic rings. The molecule has 11 heteroatoms. The van der Waals surface area contributed by atoms with Crippen molar-refractivity contribution in [3.63, 3.8) is 0 Å². The maximum Gasteiger partial charge on any atom is 1.00 e. The van der Waals surface area contributed by atoms with Gasteiger partial charge in [-0.2, -0.15) is 0 Å². The Morgan fingerprint density at radius 1 is 1.17 bits per heavy atom. The molecule has 0 aromatic heterocycles. The molecule has 0 radical (unpaired) electrons. The van der Waals surface area contributed by atoms with Crippen molar-refractivity contribution >= 4 is 10.3 Å². The maximum absolute atomic E-state index is 11.0. The molecule has 1 heterocycles. The molecule has 24 heavy (non-hydrogen) atoms. The molecule has 138 valence electrons. The first kappa shape index (κ1) is 25.3. The van der Waals surface area contributed by atoms with Gasteiger partial charge in [0.1, 0.15) is 0 Å². The van der Waals surface area contributed by atoms with Crippen molar-refractivity contribution < 1.29 is 79.3 Å². The Hall–Kier alpha value is 1.31. The maximum atomic E-state index is 11.0. The van der Waals surface area contributed by atoms with E-state index in [4.69, 9.17) is 4.74 Å². The van der Waals surface area contributed by atoms with Gasteiger partial charge in [0.25, 0.3) is 0 Å². The van der Waals surface area contributed by atoms with Gasteiger partial charge in [0.15, 0.2) is 10.3 Å². The fourth-order valence-corrected chi connectivity index (χ4v) is 3.28. The summed E-state index contributed by atoms with van der Waals surface area (Å²) in [6.07, 6.45) is -1.56. The first-order chi connectivity index (χ1) is 10.7. The number of nitrogens with zero attached hydrogens (tertiary/aromatic N) is 3. The van der Waals surface area contributed by atoms with Gasteiger partial charge in [0.05, 0.1) is 25.4 Å². The molecule has 1 rings (SSSR count). The van der Waals surface area contributed by atoms with Crippen molar-refractivity contribution in [3.05, 3.63) is 0 Å². The van der Waals surface area contributed by atoms with Crippen LogP contribution in [0.25, 0.3) is 0 Å². The predicted octanol–water partition coefficient (Wildman–Crippen LogP) is -5.24. The van der Waals surface area contributed by atoms with Crippen molar-refractivity contribution in [3.8, 4) is 0 Å². The SMILES string of the molecule is CCN(CC(O)CN(C)CC(O)CN1CCOCC1)S(=O)(=O)[O-].[K+]. The number of aliphatic hydroxyl groups is 2. The van der Waals surface area contributed by atoms with Crippen LogP contribution in [0.4, 0.5) is 0 Å². The first-order valence-electron chi connectivity index (χ1n) is 7.78. The van der Waals surface area contributed by atoms with Crippen LogP contribution in [0, 0.1) is 0 Å². The summed E-state index contributed by atoms with van der Waals surface area (Å²) < 4.78 is 38.9. The van der Waals surface area contributed by atoms with Crippen molar-refractivity contribution in [1.82, 2.24) is 14.1 Å². The van der Waals surface area contributed by atoms with E-state index in [-0.39, 0.29) is 71.0 Å². The average Bonchev–Trinajstić information content (AvgIpc) is 2.44. The van der Waals surface area contributed by atoms with Gasteiger partial charge >= 0.3 is 51.4 Å². The van der Waals surface area contributed by atoms with Crippen LogP contribution in [0.2, 0.25) is 0 Å². The molecule has 0 aromatic carbocycles. The quantitative estimate of drug-likeness (QED) is 0.279. The Balaban J connectivity index is 0.00000529. The Labute approximate surface area is 187 Å². The molecule has 1 aliphatic heterocycles. The van der Waals surface area contributed by atoms with Crippen LogP contribution in [0.5, 0.6) is 0 Å². The van der Waals surface area contributed by atoms with E-state index in [1.807, 2.05) is 0 Å². The topological polar surface area (TPSA) is 117 Å². The normalized spacial score (nSPS) is 19.3. The van der Waals surface area contributed by atoms with Gasteiger partial charge in [-0.15, -0.1) is 0 Å². The molecule has 0 saturated carbocycles. The van der Waals surface area contributed by atoms with Crippen molar-refractivity contribution in [2.24, 2.45) is 0 Å². The minimum atomic E-state index is -4.55. The van der Waals surface area contributed by atoms with Crippen LogP contribution in [0.1, 0.15) is 6.92 Å². The van der Waals surface area contributed by atoms with E-state index in [2.05, 4.69) is 4.90 Å². The Bertz CT molecular complexity index is 435. The van der Waals surface area contributed by atoms with E-state index in [1.54, 1.807) is 11.9 Å². The third-order valence-electron chi connectivity index (χ3n) is 3.70. The first-order valence-corrected chi connectivity index (χ1v) is 9.14. The molecule has 9 nitrogen and oxygen atoms in total. The van der Waals surface area contributed by atoms with Crippen molar-refractivity contribution in [2.75, 3.05) is 66.1 Å². The monoisotopic (exact) mass is 393 g/mol. The summed E-state index contributed by atoms with van der Waals surface area (Å²) in [6, 6.07) is 0. The van der Waals surface area contributed by atoms with Gasteiger partial charge in [0.2, 0.25) is 0 Å². The number of ether oxygens (including phenoxy) is 1.